The number of carbonyl (C=O) groups is 1. The molecule has 19 heavy (non-hydrogen) atoms. The first-order valence-electron chi connectivity index (χ1n) is 5.75. The van der Waals surface area contributed by atoms with Crippen LogP contribution in [0.4, 0.5) is 0 Å². The van der Waals surface area contributed by atoms with Gasteiger partial charge < -0.3 is 0 Å². The fourth-order valence-corrected chi connectivity index (χ4v) is 3.19. The highest BCUT2D eigenvalue weighted by atomic mass is 79.9. The van der Waals surface area contributed by atoms with Gasteiger partial charge in [-0.3, -0.25) is 9.69 Å². The fourth-order valence-electron chi connectivity index (χ4n) is 1.79. The smallest absolute Gasteiger partial charge is 0.176 e. The van der Waals surface area contributed by atoms with Gasteiger partial charge in [-0.25, -0.2) is 0 Å². The maximum Gasteiger partial charge on any atom is 0.176 e. The second kappa shape index (κ2) is 6.66. The topological polar surface area (TPSA) is 20.3 Å². The second-order valence-electron chi connectivity index (χ2n) is 4.36. The minimum absolute atomic E-state index is 0.0827. The van der Waals surface area contributed by atoms with E-state index in [4.69, 9.17) is 11.6 Å². The molecule has 0 aliphatic carbocycles. The quantitative estimate of drug-likeness (QED) is 0.735. The Hall–Kier alpha value is -0.680. The van der Waals surface area contributed by atoms with Crippen molar-refractivity contribution in [2.75, 3.05) is 13.6 Å². The Kier molecular flexibility index (Phi) is 5.16. The molecule has 5 heteroatoms. The predicted molar refractivity (Wildman–Crippen MR) is 84.1 cm³/mol. The van der Waals surface area contributed by atoms with Gasteiger partial charge in [-0.15, -0.1) is 11.3 Å². The molecule has 1 heterocycles. The normalized spacial score (nSPS) is 10.9. The van der Waals surface area contributed by atoms with E-state index in [0.717, 1.165) is 10.3 Å². The molecule has 0 radical (unpaired) electrons. The molecule has 0 N–H and O–H groups in total. The number of benzene rings is 1. The third kappa shape index (κ3) is 4.42. The number of rotatable bonds is 5. The number of nitrogens with zero attached hydrogens (tertiary/aromatic N) is 1. The summed E-state index contributed by atoms with van der Waals surface area (Å²) < 4.78 is 1.11. The lowest BCUT2D eigenvalue weighted by atomic mass is 10.1. The molecule has 0 bridgehead atoms. The van der Waals surface area contributed by atoms with Crippen molar-refractivity contribution >= 4 is 44.7 Å². The number of ketones is 1. The van der Waals surface area contributed by atoms with Crippen LogP contribution >= 0.6 is 38.9 Å². The SMILES string of the molecule is CN(CC(=O)c1cccc(Cl)c1)Cc1csc(Br)c1. The van der Waals surface area contributed by atoms with Crippen LogP contribution in [0.5, 0.6) is 0 Å². The number of thiophene rings is 1. The third-order valence-electron chi connectivity index (χ3n) is 2.63. The average Bonchev–Trinajstić information content (AvgIpc) is 2.74. The Morgan fingerprint density at radius 3 is 2.84 bits per heavy atom. The lowest BCUT2D eigenvalue weighted by molar-refractivity contribution is 0.0943. The standard InChI is InChI=1S/C14H13BrClNOS/c1-17(7-10-5-14(15)19-9-10)8-13(18)11-3-2-4-12(16)6-11/h2-6,9H,7-8H2,1H3. The Balaban J connectivity index is 1.95. The zero-order chi connectivity index (χ0) is 13.8. The van der Waals surface area contributed by atoms with Crippen LogP contribution < -0.4 is 0 Å². The van der Waals surface area contributed by atoms with Gasteiger partial charge >= 0.3 is 0 Å². The largest absolute Gasteiger partial charge is 0.295 e. The van der Waals surface area contributed by atoms with Gasteiger partial charge in [0.2, 0.25) is 0 Å². The number of likely N-dealkylation sites (N-methyl/N-ethyl adjacent to an activating group) is 1. The van der Waals surface area contributed by atoms with Crippen LogP contribution in [0.25, 0.3) is 0 Å². The van der Waals surface area contributed by atoms with Gasteiger partial charge in [0.05, 0.1) is 10.3 Å². The molecule has 0 amide bonds. The lowest BCUT2D eigenvalue weighted by Gasteiger charge is -2.14. The van der Waals surface area contributed by atoms with Crippen molar-refractivity contribution in [3.63, 3.8) is 0 Å². The summed E-state index contributed by atoms with van der Waals surface area (Å²) in [6, 6.07) is 9.14. The molecular formula is C14H13BrClNOS. The molecule has 0 spiro atoms. The van der Waals surface area contributed by atoms with Crippen molar-refractivity contribution in [1.82, 2.24) is 4.90 Å². The highest BCUT2D eigenvalue weighted by molar-refractivity contribution is 9.11. The van der Waals surface area contributed by atoms with Gasteiger partial charge in [0.15, 0.2) is 5.78 Å². The van der Waals surface area contributed by atoms with E-state index in [2.05, 4.69) is 27.4 Å². The van der Waals surface area contributed by atoms with Crippen LogP contribution in [0.15, 0.2) is 39.5 Å². The fraction of sp³-hybridized carbons (Fsp3) is 0.214. The number of carbonyl (C=O) groups excluding carboxylic acids is 1. The predicted octanol–water partition coefficient (Wildman–Crippen LogP) is 4.48. The summed E-state index contributed by atoms with van der Waals surface area (Å²) in [5.41, 5.74) is 1.86. The zero-order valence-corrected chi connectivity index (χ0v) is 13.6. The summed E-state index contributed by atoms with van der Waals surface area (Å²) in [7, 11) is 1.94. The first-order valence-corrected chi connectivity index (χ1v) is 7.80. The molecule has 0 aliphatic rings. The molecule has 0 atom stereocenters. The molecule has 100 valence electrons. The van der Waals surface area contributed by atoms with E-state index >= 15 is 0 Å². The van der Waals surface area contributed by atoms with Crippen LogP contribution in [-0.4, -0.2) is 24.3 Å². The van der Waals surface area contributed by atoms with Crippen LogP contribution in [0, 0.1) is 0 Å². The van der Waals surface area contributed by atoms with Crippen molar-refractivity contribution in [1.29, 1.82) is 0 Å². The van der Waals surface area contributed by atoms with Crippen molar-refractivity contribution < 1.29 is 4.79 Å². The van der Waals surface area contributed by atoms with E-state index in [1.807, 2.05) is 11.9 Å². The van der Waals surface area contributed by atoms with E-state index in [9.17, 15) is 4.79 Å². The zero-order valence-electron chi connectivity index (χ0n) is 10.4. The van der Waals surface area contributed by atoms with Crippen LogP contribution in [0.1, 0.15) is 15.9 Å². The molecule has 2 nitrogen and oxygen atoms in total. The monoisotopic (exact) mass is 357 g/mol. The lowest BCUT2D eigenvalue weighted by Crippen LogP contribution is -2.25. The van der Waals surface area contributed by atoms with E-state index in [1.165, 1.54) is 5.56 Å². The Bertz CT molecular complexity index is 584. The average molecular weight is 359 g/mol. The molecular weight excluding hydrogens is 346 g/mol. The summed E-state index contributed by atoms with van der Waals surface area (Å²) >= 11 is 11.0. The molecule has 0 unspecified atom stereocenters. The molecule has 1 aromatic carbocycles. The number of halogens is 2. The first kappa shape index (κ1) is 14.7. The molecule has 0 aliphatic heterocycles. The Morgan fingerprint density at radius 1 is 1.42 bits per heavy atom. The number of hydrogen-bond donors (Lipinski definition) is 0. The van der Waals surface area contributed by atoms with Gasteiger partial charge in [-0.1, -0.05) is 23.7 Å². The van der Waals surface area contributed by atoms with Gasteiger partial charge in [0.1, 0.15) is 0 Å². The van der Waals surface area contributed by atoms with Crippen LogP contribution in [-0.2, 0) is 6.54 Å². The maximum atomic E-state index is 12.1. The van der Waals surface area contributed by atoms with Crippen LogP contribution in [0.2, 0.25) is 5.02 Å². The van der Waals surface area contributed by atoms with Gasteiger partial charge in [-0.2, -0.15) is 0 Å². The number of Topliss-reactive ketones (excluding diaryl/α,β-unsaturated/α-hetero) is 1. The van der Waals surface area contributed by atoms with Gasteiger partial charge in [0.25, 0.3) is 0 Å². The summed E-state index contributed by atoms with van der Waals surface area (Å²) in [6.07, 6.45) is 0. The van der Waals surface area contributed by atoms with Crippen molar-refractivity contribution in [2.45, 2.75) is 6.54 Å². The number of hydrogen-bond acceptors (Lipinski definition) is 3. The molecule has 0 saturated heterocycles. The molecule has 2 aromatic rings. The van der Waals surface area contributed by atoms with Crippen molar-refractivity contribution in [3.8, 4) is 0 Å². The van der Waals surface area contributed by atoms with E-state index in [-0.39, 0.29) is 5.78 Å². The Labute approximate surface area is 130 Å². The summed E-state index contributed by atoms with van der Waals surface area (Å²) in [4.78, 5) is 14.1. The maximum absolute atomic E-state index is 12.1. The van der Waals surface area contributed by atoms with Crippen LogP contribution in [0.3, 0.4) is 0 Å². The second-order valence-corrected chi connectivity index (χ2v) is 7.09. The summed E-state index contributed by atoms with van der Waals surface area (Å²) in [6.45, 7) is 1.14. The molecule has 0 fully saturated rings. The summed E-state index contributed by atoms with van der Waals surface area (Å²) in [5, 5.41) is 2.68. The Morgan fingerprint density at radius 2 is 2.21 bits per heavy atom. The molecule has 0 saturated carbocycles. The minimum atomic E-state index is 0.0827. The molecule has 1 aromatic heterocycles. The van der Waals surface area contributed by atoms with E-state index < -0.39 is 0 Å². The highest BCUT2D eigenvalue weighted by Gasteiger charge is 2.10. The van der Waals surface area contributed by atoms with Crippen molar-refractivity contribution in [3.05, 3.63) is 55.6 Å². The van der Waals surface area contributed by atoms with Crippen molar-refractivity contribution in [2.24, 2.45) is 0 Å². The highest BCUT2D eigenvalue weighted by Crippen LogP contribution is 2.21. The van der Waals surface area contributed by atoms with E-state index in [1.54, 1.807) is 35.6 Å². The first-order chi connectivity index (χ1) is 9.04. The summed E-state index contributed by atoms with van der Waals surface area (Å²) in [5.74, 6) is 0.0827. The third-order valence-corrected chi connectivity index (χ3v) is 4.42. The minimum Gasteiger partial charge on any atom is -0.295 e. The molecule has 2 rings (SSSR count). The van der Waals surface area contributed by atoms with E-state index in [0.29, 0.717) is 17.1 Å². The van der Waals surface area contributed by atoms with Gasteiger partial charge in [0, 0.05) is 17.1 Å². The van der Waals surface area contributed by atoms with Gasteiger partial charge in [-0.05, 0) is 52.1 Å².